The molecule has 0 aromatic heterocycles. The number of rotatable bonds is 4. The molecule has 0 amide bonds. The molecule has 0 saturated heterocycles. The van der Waals surface area contributed by atoms with Gasteiger partial charge in [-0.2, -0.15) is 0 Å². The SMILES string of the molecule is CNC1CCC(NC(C)C)(c2cccc(O)c2)CC1. The quantitative estimate of drug-likeness (QED) is 0.782. The molecule has 1 aliphatic rings. The molecule has 0 bridgehead atoms. The van der Waals surface area contributed by atoms with E-state index in [-0.39, 0.29) is 5.54 Å². The summed E-state index contributed by atoms with van der Waals surface area (Å²) in [7, 11) is 2.04. The van der Waals surface area contributed by atoms with Crippen LogP contribution in [0, 0.1) is 0 Å². The summed E-state index contributed by atoms with van der Waals surface area (Å²) in [5.41, 5.74) is 1.23. The van der Waals surface area contributed by atoms with Gasteiger partial charge in [-0.1, -0.05) is 26.0 Å². The van der Waals surface area contributed by atoms with E-state index in [1.54, 1.807) is 6.07 Å². The molecule has 3 N–H and O–H groups in total. The molecular formula is C16H26N2O. The molecule has 0 radical (unpaired) electrons. The molecule has 0 spiro atoms. The molecule has 1 aromatic rings. The Morgan fingerprint density at radius 2 is 1.95 bits per heavy atom. The van der Waals surface area contributed by atoms with Crippen molar-refractivity contribution in [1.82, 2.24) is 10.6 Å². The first kappa shape index (κ1) is 14.4. The second-order valence-corrected chi connectivity index (χ2v) is 5.99. The van der Waals surface area contributed by atoms with Crippen molar-refractivity contribution >= 4 is 0 Å². The minimum Gasteiger partial charge on any atom is -0.508 e. The molecule has 0 heterocycles. The molecule has 2 rings (SSSR count). The number of benzene rings is 1. The number of nitrogens with one attached hydrogen (secondary N) is 2. The van der Waals surface area contributed by atoms with Crippen LogP contribution in [0.3, 0.4) is 0 Å². The van der Waals surface area contributed by atoms with E-state index in [0.29, 0.717) is 17.8 Å². The van der Waals surface area contributed by atoms with Crippen LogP contribution in [0.2, 0.25) is 0 Å². The van der Waals surface area contributed by atoms with Crippen LogP contribution in [0.4, 0.5) is 0 Å². The molecule has 1 fully saturated rings. The molecule has 0 unspecified atom stereocenters. The van der Waals surface area contributed by atoms with E-state index in [1.165, 1.54) is 18.4 Å². The number of aromatic hydroxyl groups is 1. The Morgan fingerprint density at radius 1 is 1.26 bits per heavy atom. The van der Waals surface area contributed by atoms with Crippen molar-refractivity contribution in [3.63, 3.8) is 0 Å². The highest BCUT2D eigenvalue weighted by atomic mass is 16.3. The van der Waals surface area contributed by atoms with Gasteiger partial charge in [0.25, 0.3) is 0 Å². The largest absolute Gasteiger partial charge is 0.508 e. The molecule has 0 aliphatic heterocycles. The van der Waals surface area contributed by atoms with E-state index in [1.807, 2.05) is 19.2 Å². The Kier molecular flexibility index (Phi) is 4.48. The zero-order chi connectivity index (χ0) is 13.9. The van der Waals surface area contributed by atoms with E-state index in [2.05, 4.69) is 30.5 Å². The van der Waals surface area contributed by atoms with Crippen LogP contribution in [0.25, 0.3) is 0 Å². The van der Waals surface area contributed by atoms with Crippen LogP contribution in [0.5, 0.6) is 5.75 Å². The Balaban J connectivity index is 2.25. The normalized spacial score (nSPS) is 27.7. The third-order valence-electron chi connectivity index (χ3n) is 4.21. The number of phenols is 1. The first-order valence-corrected chi connectivity index (χ1v) is 7.30. The van der Waals surface area contributed by atoms with E-state index >= 15 is 0 Å². The Hall–Kier alpha value is -1.06. The first-order chi connectivity index (χ1) is 9.05. The summed E-state index contributed by atoms with van der Waals surface area (Å²) in [5.74, 6) is 0.359. The van der Waals surface area contributed by atoms with Crippen LogP contribution in [-0.2, 0) is 5.54 Å². The van der Waals surface area contributed by atoms with Gasteiger partial charge < -0.3 is 15.7 Å². The van der Waals surface area contributed by atoms with Gasteiger partial charge in [-0.05, 0) is 50.4 Å². The summed E-state index contributed by atoms with van der Waals surface area (Å²) >= 11 is 0. The predicted octanol–water partition coefficient (Wildman–Crippen LogP) is 2.75. The highest BCUT2D eigenvalue weighted by Crippen LogP contribution is 2.38. The van der Waals surface area contributed by atoms with Crippen molar-refractivity contribution in [3.8, 4) is 5.75 Å². The zero-order valence-corrected chi connectivity index (χ0v) is 12.2. The van der Waals surface area contributed by atoms with Crippen LogP contribution >= 0.6 is 0 Å². The topological polar surface area (TPSA) is 44.3 Å². The third kappa shape index (κ3) is 3.28. The fourth-order valence-electron chi connectivity index (χ4n) is 3.27. The van der Waals surface area contributed by atoms with E-state index in [4.69, 9.17) is 0 Å². The monoisotopic (exact) mass is 262 g/mol. The zero-order valence-electron chi connectivity index (χ0n) is 12.2. The minimum absolute atomic E-state index is 0.0141. The van der Waals surface area contributed by atoms with Gasteiger partial charge in [0.1, 0.15) is 5.75 Å². The van der Waals surface area contributed by atoms with Crippen molar-refractivity contribution in [2.75, 3.05) is 7.05 Å². The number of hydrogen-bond acceptors (Lipinski definition) is 3. The van der Waals surface area contributed by atoms with Crippen LogP contribution < -0.4 is 10.6 Å². The van der Waals surface area contributed by atoms with Gasteiger partial charge in [-0.15, -0.1) is 0 Å². The average Bonchev–Trinajstić information content (AvgIpc) is 2.39. The smallest absolute Gasteiger partial charge is 0.115 e. The molecule has 3 heteroatoms. The summed E-state index contributed by atoms with van der Waals surface area (Å²) in [6, 6.07) is 8.79. The molecular weight excluding hydrogens is 236 g/mol. The maximum Gasteiger partial charge on any atom is 0.115 e. The predicted molar refractivity (Wildman–Crippen MR) is 79.4 cm³/mol. The third-order valence-corrected chi connectivity index (χ3v) is 4.21. The lowest BCUT2D eigenvalue weighted by Crippen LogP contribution is -2.50. The standard InChI is InChI=1S/C16H26N2O/c1-12(2)18-16(9-7-14(17-3)8-10-16)13-5-4-6-15(19)11-13/h4-6,11-12,14,17-19H,7-10H2,1-3H3. The maximum atomic E-state index is 9.75. The highest BCUT2D eigenvalue weighted by Gasteiger charge is 2.36. The van der Waals surface area contributed by atoms with Gasteiger partial charge in [-0.25, -0.2) is 0 Å². The summed E-state index contributed by atoms with van der Waals surface area (Å²) < 4.78 is 0. The lowest BCUT2D eigenvalue weighted by atomic mass is 9.74. The fourth-order valence-corrected chi connectivity index (χ4v) is 3.27. The van der Waals surface area contributed by atoms with Crippen molar-refractivity contribution in [2.45, 2.75) is 57.2 Å². The molecule has 1 aliphatic carbocycles. The molecule has 0 atom stereocenters. The summed E-state index contributed by atoms with van der Waals surface area (Å²) in [6.07, 6.45) is 4.57. The van der Waals surface area contributed by atoms with Gasteiger partial charge in [0, 0.05) is 17.6 Å². The lowest BCUT2D eigenvalue weighted by Gasteiger charge is -2.43. The van der Waals surface area contributed by atoms with Gasteiger partial charge in [0.15, 0.2) is 0 Å². The molecule has 3 nitrogen and oxygen atoms in total. The average molecular weight is 262 g/mol. The van der Waals surface area contributed by atoms with Crippen molar-refractivity contribution in [3.05, 3.63) is 29.8 Å². The van der Waals surface area contributed by atoms with E-state index < -0.39 is 0 Å². The minimum atomic E-state index is 0.0141. The van der Waals surface area contributed by atoms with Crippen molar-refractivity contribution in [2.24, 2.45) is 0 Å². The Morgan fingerprint density at radius 3 is 2.47 bits per heavy atom. The van der Waals surface area contributed by atoms with E-state index in [9.17, 15) is 5.11 Å². The molecule has 106 valence electrons. The van der Waals surface area contributed by atoms with E-state index in [0.717, 1.165) is 12.8 Å². The van der Waals surface area contributed by atoms with Crippen LogP contribution in [-0.4, -0.2) is 24.2 Å². The Labute approximate surface area is 116 Å². The fraction of sp³-hybridized carbons (Fsp3) is 0.625. The van der Waals surface area contributed by atoms with Gasteiger partial charge in [0.2, 0.25) is 0 Å². The van der Waals surface area contributed by atoms with Crippen LogP contribution in [0.1, 0.15) is 45.1 Å². The summed E-state index contributed by atoms with van der Waals surface area (Å²) in [5, 5.41) is 16.9. The number of phenolic OH excluding ortho intramolecular Hbond substituents is 1. The van der Waals surface area contributed by atoms with Gasteiger partial charge >= 0.3 is 0 Å². The van der Waals surface area contributed by atoms with Gasteiger partial charge in [0.05, 0.1) is 0 Å². The first-order valence-electron chi connectivity index (χ1n) is 7.30. The second-order valence-electron chi connectivity index (χ2n) is 5.99. The maximum absolute atomic E-state index is 9.75. The summed E-state index contributed by atoms with van der Waals surface area (Å²) in [6.45, 7) is 4.38. The highest BCUT2D eigenvalue weighted by molar-refractivity contribution is 5.33. The molecule has 1 saturated carbocycles. The Bertz CT molecular complexity index is 409. The second kappa shape index (κ2) is 5.93. The van der Waals surface area contributed by atoms with Gasteiger partial charge in [-0.3, -0.25) is 0 Å². The summed E-state index contributed by atoms with van der Waals surface area (Å²) in [4.78, 5) is 0. The molecule has 1 aromatic carbocycles. The number of hydrogen-bond donors (Lipinski definition) is 3. The lowest BCUT2D eigenvalue weighted by molar-refractivity contribution is 0.192. The van der Waals surface area contributed by atoms with Crippen LogP contribution in [0.15, 0.2) is 24.3 Å². The van der Waals surface area contributed by atoms with Crippen molar-refractivity contribution in [1.29, 1.82) is 0 Å². The molecule has 19 heavy (non-hydrogen) atoms. The van der Waals surface area contributed by atoms with Crippen molar-refractivity contribution < 1.29 is 5.11 Å².